The molecule has 0 radical (unpaired) electrons. The van der Waals surface area contributed by atoms with Gasteiger partial charge in [0.2, 0.25) is 5.95 Å². The minimum atomic E-state index is 0.0938. The van der Waals surface area contributed by atoms with E-state index in [2.05, 4.69) is 25.6 Å². The van der Waals surface area contributed by atoms with Crippen LogP contribution in [0.15, 0.2) is 61.1 Å². The zero-order valence-electron chi connectivity index (χ0n) is 14.3. The number of benzene rings is 1. The molecule has 0 spiro atoms. The standard InChI is InChI=1S/C19H21N5O/c1-14(2)25-17-8-4-3-7-16(17)23-19-21-11-9-18(24-19)22-13-15-6-5-10-20-12-15/h3-12,14H,13H2,1-2H3,(H2,21,22,23,24). The van der Waals surface area contributed by atoms with E-state index in [1.807, 2.05) is 62.5 Å². The van der Waals surface area contributed by atoms with E-state index in [1.54, 1.807) is 12.4 Å². The zero-order chi connectivity index (χ0) is 17.5. The quantitative estimate of drug-likeness (QED) is 0.679. The van der Waals surface area contributed by atoms with Crippen molar-refractivity contribution in [3.05, 3.63) is 66.6 Å². The highest BCUT2D eigenvalue weighted by molar-refractivity contribution is 5.63. The molecule has 6 heteroatoms. The third-order valence-corrected chi connectivity index (χ3v) is 3.35. The smallest absolute Gasteiger partial charge is 0.229 e. The number of pyridine rings is 1. The van der Waals surface area contributed by atoms with E-state index < -0.39 is 0 Å². The molecule has 128 valence electrons. The molecule has 0 saturated carbocycles. The number of anilines is 3. The predicted octanol–water partition coefficient (Wildman–Crippen LogP) is 4.01. The average Bonchev–Trinajstić information content (AvgIpc) is 2.62. The number of nitrogens with zero attached hydrogens (tertiary/aromatic N) is 3. The van der Waals surface area contributed by atoms with Crippen LogP contribution in [-0.2, 0) is 6.54 Å². The fourth-order valence-corrected chi connectivity index (χ4v) is 2.26. The van der Waals surface area contributed by atoms with Crippen molar-refractivity contribution in [3.8, 4) is 5.75 Å². The molecule has 0 unspecified atom stereocenters. The van der Waals surface area contributed by atoms with Crippen LogP contribution in [0.1, 0.15) is 19.4 Å². The van der Waals surface area contributed by atoms with E-state index in [4.69, 9.17) is 4.74 Å². The van der Waals surface area contributed by atoms with Gasteiger partial charge in [0.15, 0.2) is 0 Å². The second-order valence-corrected chi connectivity index (χ2v) is 5.77. The predicted molar refractivity (Wildman–Crippen MR) is 99.1 cm³/mol. The molecular formula is C19H21N5O. The Balaban J connectivity index is 1.70. The number of aromatic nitrogens is 3. The molecule has 3 rings (SSSR count). The molecule has 6 nitrogen and oxygen atoms in total. The summed E-state index contributed by atoms with van der Waals surface area (Å²) in [5, 5.41) is 6.49. The van der Waals surface area contributed by atoms with Gasteiger partial charge >= 0.3 is 0 Å². The average molecular weight is 335 g/mol. The number of hydrogen-bond acceptors (Lipinski definition) is 6. The Morgan fingerprint density at radius 3 is 2.72 bits per heavy atom. The lowest BCUT2D eigenvalue weighted by Gasteiger charge is -2.15. The highest BCUT2D eigenvalue weighted by atomic mass is 16.5. The molecule has 0 saturated heterocycles. The van der Waals surface area contributed by atoms with Gasteiger partial charge in [0, 0.05) is 25.1 Å². The highest BCUT2D eigenvalue weighted by Crippen LogP contribution is 2.27. The van der Waals surface area contributed by atoms with E-state index in [1.165, 1.54) is 0 Å². The molecule has 0 atom stereocenters. The van der Waals surface area contributed by atoms with Crippen LogP contribution in [0.3, 0.4) is 0 Å². The summed E-state index contributed by atoms with van der Waals surface area (Å²) in [7, 11) is 0. The maximum absolute atomic E-state index is 5.81. The van der Waals surface area contributed by atoms with Crippen molar-refractivity contribution >= 4 is 17.5 Å². The van der Waals surface area contributed by atoms with Crippen molar-refractivity contribution in [2.75, 3.05) is 10.6 Å². The lowest BCUT2D eigenvalue weighted by atomic mass is 10.3. The molecule has 1 aromatic carbocycles. The van der Waals surface area contributed by atoms with Gasteiger partial charge in [0.05, 0.1) is 11.8 Å². The van der Waals surface area contributed by atoms with Crippen molar-refractivity contribution < 1.29 is 4.74 Å². The van der Waals surface area contributed by atoms with Crippen molar-refractivity contribution in [1.82, 2.24) is 15.0 Å². The van der Waals surface area contributed by atoms with Crippen LogP contribution in [-0.4, -0.2) is 21.1 Å². The van der Waals surface area contributed by atoms with Crippen LogP contribution < -0.4 is 15.4 Å². The van der Waals surface area contributed by atoms with Gasteiger partial charge in [-0.1, -0.05) is 18.2 Å². The summed E-state index contributed by atoms with van der Waals surface area (Å²) < 4.78 is 5.81. The number of ether oxygens (including phenoxy) is 1. The van der Waals surface area contributed by atoms with Crippen molar-refractivity contribution in [3.63, 3.8) is 0 Å². The molecule has 0 bridgehead atoms. The van der Waals surface area contributed by atoms with Crippen LogP contribution in [0.5, 0.6) is 5.75 Å². The Hall–Kier alpha value is -3.15. The number of hydrogen-bond donors (Lipinski definition) is 2. The van der Waals surface area contributed by atoms with E-state index in [0.717, 1.165) is 22.8 Å². The largest absolute Gasteiger partial charge is 0.489 e. The number of nitrogens with one attached hydrogen (secondary N) is 2. The highest BCUT2D eigenvalue weighted by Gasteiger charge is 2.07. The zero-order valence-corrected chi connectivity index (χ0v) is 14.3. The topological polar surface area (TPSA) is 72.0 Å². The lowest BCUT2D eigenvalue weighted by Crippen LogP contribution is -2.08. The fourth-order valence-electron chi connectivity index (χ4n) is 2.26. The van der Waals surface area contributed by atoms with Gasteiger partial charge < -0.3 is 15.4 Å². The molecule has 3 aromatic rings. The van der Waals surface area contributed by atoms with Crippen LogP contribution in [0, 0.1) is 0 Å². The first-order valence-corrected chi connectivity index (χ1v) is 8.19. The molecule has 25 heavy (non-hydrogen) atoms. The monoisotopic (exact) mass is 335 g/mol. The third-order valence-electron chi connectivity index (χ3n) is 3.35. The Bertz CT molecular complexity index is 808. The Kier molecular flexibility index (Phi) is 5.41. The van der Waals surface area contributed by atoms with E-state index in [0.29, 0.717) is 12.5 Å². The van der Waals surface area contributed by atoms with Crippen LogP contribution in [0.25, 0.3) is 0 Å². The van der Waals surface area contributed by atoms with Gasteiger partial charge in [-0.25, -0.2) is 4.98 Å². The summed E-state index contributed by atoms with van der Waals surface area (Å²) in [5.74, 6) is 2.02. The summed E-state index contributed by atoms with van der Waals surface area (Å²) in [6.45, 7) is 4.64. The minimum Gasteiger partial charge on any atom is -0.489 e. The SMILES string of the molecule is CC(C)Oc1ccccc1Nc1nccc(NCc2cccnc2)n1. The summed E-state index contributed by atoms with van der Waals surface area (Å²) in [6, 6.07) is 13.5. The maximum Gasteiger partial charge on any atom is 0.229 e. The second kappa shape index (κ2) is 8.10. The Morgan fingerprint density at radius 2 is 1.92 bits per heavy atom. The molecule has 0 amide bonds. The normalized spacial score (nSPS) is 10.5. The second-order valence-electron chi connectivity index (χ2n) is 5.77. The summed E-state index contributed by atoms with van der Waals surface area (Å²) >= 11 is 0. The fraction of sp³-hybridized carbons (Fsp3) is 0.211. The summed E-state index contributed by atoms with van der Waals surface area (Å²) in [6.07, 6.45) is 5.39. The molecular weight excluding hydrogens is 314 g/mol. The number of para-hydroxylation sites is 2. The van der Waals surface area contributed by atoms with Crippen molar-refractivity contribution in [2.24, 2.45) is 0 Å². The van der Waals surface area contributed by atoms with E-state index >= 15 is 0 Å². The minimum absolute atomic E-state index is 0.0938. The third kappa shape index (κ3) is 4.91. The van der Waals surface area contributed by atoms with Crippen LogP contribution in [0.4, 0.5) is 17.5 Å². The van der Waals surface area contributed by atoms with Gasteiger partial charge in [0.25, 0.3) is 0 Å². The van der Waals surface area contributed by atoms with Gasteiger partial charge in [-0.05, 0) is 43.7 Å². The van der Waals surface area contributed by atoms with Crippen LogP contribution >= 0.6 is 0 Å². The molecule has 2 heterocycles. The van der Waals surface area contributed by atoms with E-state index in [9.17, 15) is 0 Å². The summed E-state index contributed by atoms with van der Waals surface area (Å²) in [4.78, 5) is 12.9. The number of rotatable bonds is 7. The van der Waals surface area contributed by atoms with Gasteiger partial charge in [0.1, 0.15) is 11.6 Å². The van der Waals surface area contributed by atoms with Gasteiger partial charge in [-0.15, -0.1) is 0 Å². The Morgan fingerprint density at radius 1 is 1.04 bits per heavy atom. The molecule has 0 aliphatic carbocycles. The molecule has 0 fully saturated rings. The first-order chi connectivity index (χ1) is 12.2. The molecule has 0 aliphatic heterocycles. The van der Waals surface area contributed by atoms with Crippen molar-refractivity contribution in [2.45, 2.75) is 26.5 Å². The Labute approximate surface area is 147 Å². The van der Waals surface area contributed by atoms with Gasteiger partial charge in [-0.2, -0.15) is 4.98 Å². The van der Waals surface area contributed by atoms with Crippen LogP contribution in [0.2, 0.25) is 0 Å². The first-order valence-electron chi connectivity index (χ1n) is 8.19. The molecule has 0 aliphatic rings. The lowest BCUT2D eigenvalue weighted by molar-refractivity contribution is 0.244. The van der Waals surface area contributed by atoms with E-state index in [-0.39, 0.29) is 6.10 Å². The summed E-state index contributed by atoms with van der Waals surface area (Å²) in [5.41, 5.74) is 1.92. The first kappa shape index (κ1) is 16.7. The van der Waals surface area contributed by atoms with Crippen molar-refractivity contribution in [1.29, 1.82) is 0 Å². The molecule has 2 N–H and O–H groups in total. The van der Waals surface area contributed by atoms with Gasteiger partial charge in [-0.3, -0.25) is 4.98 Å². The molecule has 2 aromatic heterocycles. The maximum atomic E-state index is 5.81.